The maximum absolute atomic E-state index is 8.61. The quantitative estimate of drug-likeness (QED) is 0.283. The molecule has 0 radical (unpaired) electrons. The Morgan fingerprint density at radius 1 is 1.35 bits per heavy atom. The Hall–Kier alpha value is -0.770. The smallest absolute Gasteiger partial charge is 0.143 e. The highest BCUT2D eigenvalue weighted by atomic mass is 16.4. The number of hydrogen-bond acceptors (Lipinski definition) is 3. The lowest BCUT2D eigenvalue weighted by molar-refractivity contribution is 0.245. The summed E-state index contributed by atoms with van der Waals surface area (Å²) in [5, 5.41) is 11.7. The molecule has 0 aliphatic carbocycles. The van der Waals surface area contributed by atoms with Crippen molar-refractivity contribution >= 4 is 5.84 Å². The molecule has 0 aromatic carbocycles. The Kier molecular flexibility index (Phi) is 8.86. The molecule has 0 saturated carbocycles. The Labute approximate surface area is 106 Å². The van der Waals surface area contributed by atoms with Crippen LogP contribution in [0.2, 0.25) is 0 Å². The molecule has 17 heavy (non-hydrogen) atoms. The molecule has 0 bridgehead atoms. The summed E-state index contributed by atoms with van der Waals surface area (Å²) in [4.78, 5) is 2.28. The van der Waals surface area contributed by atoms with Crippen LogP contribution < -0.4 is 5.73 Å². The predicted octanol–water partition coefficient (Wildman–Crippen LogP) is 2.52. The highest BCUT2D eigenvalue weighted by Gasteiger charge is 2.14. The topological polar surface area (TPSA) is 61.8 Å². The Balaban J connectivity index is 4.01. The van der Waals surface area contributed by atoms with Gasteiger partial charge in [-0.25, -0.2) is 0 Å². The van der Waals surface area contributed by atoms with Gasteiger partial charge in [-0.15, -0.1) is 0 Å². The van der Waals surface area contributed by atoms with Crippen LogP contribution >= 0.6 is 0 Å². The molecule has 0 heterocycles. The van der Waals surface area contributed by atoms with Crippen molar-refractivity contribution in [3.8, 4) is 0 Å². The molecule has 2 atom stereocenters. The number of nitrogens with two attached hydrogens (primary N) is 1. The van der Waals surface area contributed by atoms with Crippen molar-refractivity contribution in [3.63, 3.8) is 0 Å². The molecule has 2 unspecified atom stereocenters. The monoisotopic (exact) mass is 243 g/mol. The maximum Gasteiger partial charge on any atom is 0.143 e. The summed E-state index contributed by atoms with van der Waals surface area (Å²) in [6, 6.07) is 0. The highest BCUT2D eigenvalue weighted by molar-refractivity contribution is 5.82. The van der Waals surface area contributed by atoms with E-state index in [1.54, 1.807) is 0 Å². The van der Waals surface area contributed by atoms with E-state index in [0.29, 0.717) is 5.84 Å². The molecule has 0 aromatic heterocycles. The van der Waals surface area contributed by atoms with E-state index in [4.69, 9.17) is 10.9 Å². The summed E-state index contributed by atoms with van der Waals surface area (Å²) in [6.45, 7) is 8.41. The first-order valence-corrected chi connectivity index (χ1v) is 6.71. The van der Waals surface area contributed by atoms with Gasteiger partial charge in [-0.3, -0.25) is 0 Å². The second-order valence-electron chi connectivity index (χ2n) is 5.06. The average molecular weight is 243 g/mol. The molecular weight excluding hydrogens is 214 g/mol. The fraction of sp³-hybridized carbons (Fsp3) is 0.923. The molecule has 4 nitrogen and oxygen atoms in total. The molecular formula is C13H29N3O. The fourth-order valence-corrected chi connectivity index (χ4v) is 2.09. The zero-order chi connectivity index (χ0) is 13.3. The van der Waals surface area contributed by atoms with Crippen LogP contribution in [0.15, 0.2) is 5.16 Å². The number of rotatable bonds is 9. The summed E-state index contributed by atoms with van der Waals surface area (Å²) in [5.74, 6) is 1.19. The molecule has 0 aromatic rings. The molecule has 0 aliphatic heterocycles. The molecule has 0 rings (SSSR count). The van der Waals surface area contributed by atoms with Gasteiger partial charge in [-0.05, 0) is 19.4 Å². The van der Waals surface area contributed by atoms with Gasteiger partial charge in [0.05, 0.1) is 0 Å². The van der Waals surface area contributed by atoms with Crippen LogP contribution in [0.1, 0.15) is 46.5 Å². The average Bonchev–Trinajstić information content (AvgIpc) is 2.32. The molecule has 0 spiro atoms. The third-order valence-corrected chi connectivity index (χ3v) is 3.32. The van der Waals surface area contributed by atoms with Crippen molar-refractivity contribution in [3.05, 3.63) is 0 Å². The van der Waals surface area contributed by atoms with Crippen LogP contribution in [0.4, 0.5) is 0 Å². The lowest BCUT2D eigenvalue weighted by Crippen LogP contribution is -2.35. The van der Waals surface area contributed by atoms with Gasteiger partial charge in [-0.2, -0.15) is 0 Å². The molecule has 3 N–H and O–H groups in total. The highest BCUT2D eigenvalue weighted by Crippen LogP contribution is 2.14. The van der Waals surface area contributed by atoms with E-state index in [1.165, 1.54) is 25.7 Å². The number of hydrogen-bond donors (Lipinski definition) is 2. The van der Waals surface area contributed by atoms with Gasteiger partial charge < -0.3 is 15.8 Å². The van der Waals surface area contributed by atoms with Crippen LogP contribution in [0.5, 0.6) is 0 Å². The molecule has 0 fully saturated rings. The van der Waals surface area contributed by atoms with Gasteiger partial charge >= 0.3 is 0 Å². The summed E-state index contributed by atoms with van der Waals surface area (Å²) in [7, 11) is 2.11. The maximum atomic E-state index is 8.61. The largest absolute Gasteiger partial charge is 0.409 e. The minimum absolute atomic E-state index is 0.105. The van der Waals surface area contributed by atoms with Gasteiger partial charge in [0, 0.05) is 19.0 Å². The van der Waals surface area contributed by atoms with E-state index in [9.17, 15) is 0 Å². The van der Waals surface area contributed by atoms with Crippen LogP contribution in [-0.4, -0.2) is 36.1 Å². The van der Waals surface area contributed by atoms with Crippen LogP contribution in [0, 0.1) is 11.8 Å². The van der Waals surface area contributed by atoms with E-state index in [-0.39, 0.29) is 5.92 Å². The van der Waals surface area contributed by atoms with Gasteiger partial charge in [0.1, 0.15) is 5.84 Å². The minimum atomic E-state index is 0.105. The standard InChI is InChI=1S/C13H29N3O/c1-5-7-8-12(6-2)10-16(4)9-11(3)13(14)15-17/h11-12,17H,5-10H2,1-4H3,(H2,14,15). The third kappa shape index (κ3) is 7.21. The first kappa shape index (κ1) is 16.2. The zero-order valence-electron chi connectivity index (χ0n) is 11.8. The van der Waals surface area contributed by atoms with E-state index in [2.05, 4.69) is 31.0 Å². The lowest BCUT2D eigenvalue weighted by atomic mass is 9.98. The Bertz CT molecular complexity index is 219. The van der Waals surface area contributed by atoms with Crippen LogP contribution in [-0.2, 0) is 0 Å². The SMILES string of the molecule is CCCCC(CC)CN(C)CC(C)C(N)=NO. The Morgan fingerprint density at radius 3 is 2.47 bits per heavy atom. The number of amidine groups is 1. The molecule has 0 amide bonds. The van der Waals surface area contributed by atoms with E-state index in [1.807, 2.05) is 6.92 Å². The number of unbranched alkanes of at least 4 members (excludes halogenated alkanes) is 1. The van der Waals surface area contributed by atoms with Crippen LogP contribution in [0.25, 0.3) is 0 Å². The molecule has 102 valence electrons. The van der Waals surface area contributed by atoms with Crippen molar-refractivity contribution < 1.29 is 5.21 Å². The summed E-state index contributed by atoms with van der Waals surface area (Å²) < 4.78 is 0. The second kappa shape index (κ2) is 9.28. The number of oxime groups is 1. The second-order valence-corrected chi connectivity index (χ2v) is 5.06. The first-order chi connectivity index (χ1) is 8.04. The number of nitrogens with zero attached hydrogens (tertiary/aromatic N) is 2. The minimum Gasteiger partial charge on any atom is -0.409 e. The summed E-state index contributed by atoms with van der Waals surface area (Å²) >= 11 is 0. The third-order valence-electron chi connectivity index (χ3n) is 3.32. The van der Waals surface area contributed by atoms with Crippen molar-refractivity contribution in [1.82, 2.24) is 4.90 Å². The normalized spacial score (nSPS) is 16.2. The van der Waals surface area contributed by atoms with Gasteiger partial charge in [-0.1, -0.05) is 45.2 Å². The summed E-state index contributed by atoms with van der Waals surface area (Å²) in [6.07, 6.45) is 5.10. The first-order valence-electron chi connectivity index (χ1n) is 6.71. The van der Waals surface area contributed by atoms with E-state index in [0.717, 1.165) is 19.0 Å². The molecule has 4 heteroatoms. The van der Waals surface area contributed by atoms with Crippen molar-refractivity contribution in [1.29, 1.82) is 0 Å². The van der Waals surface area contributed by atoms with Gasteiger partial charge in [0.25, 0.3) is 0 Å². The van der Waals surface area contributed by atoms with Crippen LogP contribution in [0.3, 0.4) is 0 Å². The van der Waals surface area contributed by atoms with Gasteiger partial charge in [0.2, 0.25) is 0 Å². The van der Waals surface area contributed by atoms with E-state index < -0.39 is 0 Å². The lowest BCUT2D eigenvalue weighted by Gasteiger charge is -2.25. The fourth-order valence-electron chi connectivity index (χ4n) is 2.09. The molecule has 0 saturated heterocycles. The van der Waals surface area contributed by atoms with Gasteiger partial charge in [0.15, 0.2) is 0 Å². The van der Waals surface area contributed by atoms with Crippen molar-refractivity contribution in [2.24, 2.45) is 22.7 Å². The zero-order valence-corrected chi connectivity index (χ0v) is 11.8. The Morgan fingerprint density at radius 2 is 2.00 bits per heavy atom. The van der Waals surface area contributed by atoms with Crippen molar-refractivity contribution in [2.45, 2.75) is 46.5 Å². The van der Waals surface area contributed by atoms with Crippen molar-refractivity contribution in [2.75, 3.05) is 20.1 Å². The summed E-state index contributed by atoms with van der Waals surface area (Å²) in [5.41, 5.74) is 5.58. The predicted molar refractivity (Wildman–Crippen MR) is 73.4 cm³/mol. The van der Waals surface area contributed by atoms with E-state index >= 15 is 0 Å². The molecule has 0 aliphatic rings.